The summed E-state index contributed by atoms with van der Waals surface area (Å²) in [6, 6.07) is 1.87. The molecule has 3 rings (SSSR count). The number of hydrogen-bond acceptors (Lipinski definition) is 3. The van der Waals surface area contributed by atoms with Gasteiger partial charge in [-0.2, -0.15) is 0 Å². The summed E-state index contributed by atoms with van der Waals surface area (Å²) < 4.78 is 28.2. The van der Waals surface area contributed by atoms with Crippen LogP contribution in [0.3, 0.4) is 0 Å². The highest BCUT2D eigenvalue weighted by molar-refractivity contribution is 6.35. The molecule has 0 saturated carbocycles. The van der Waals surface area contributed by atoms with Gasteiger partial charge in [-0.25, -0.2) is 8.78 Å². The highest BCUT2D eigenvalue weighted by Crippen LogP contribution is 2.31. The molecule has 1 aromatic carbocycles. The van der Waals surface area contributed by atoms with Crippen molar-refractivity contribution in [3.8, 4) is 0 Å². The SMILES string of the molecule is CN(C)C(=O)C1CN(C(=O)c2[nH]c3ccc(F)c(Cl)c3c2F)CCN1. The Kier molecular flexibility index (Phi) is 4.66. The fourth-order valence-electron chi connectivity index (χ4n) is 2.90. The second-order valence-electron chi connectivity index (χ2n) is 6.09. The molecule has 1 saturated heterocycles. The number of carbonyl (C=O) groups excluding carboxylic acids is 2. The maximum Gasteiger partial charge on any atom is 0.273 e. The summed E-state index contributed by atoms with van der Waals surface area (Å²) in [5.41, 5.74) is -0.0521. The van der Waals surface area contributed by atoms with Gasteiger partial charge in [-0.1, -0.05) is 11.6 Å². The van der Waals surface area contributed by atoms with Gasteiger partial charge in [-0.05, 0) is 12.1 Å². The largest absolute Gasteiger partial charge is 0.348 e. The molecule has 2 heterocycles. The minimum Gasteiger partial charge on any atom is -0.348 e. The molecule has 1 aromatic heterocycles. The average Bonchev–Trinajstić information content (AvgIpc) is 2.94. The van der Waals surface area contributed by atoms with E-state index in [1.165, 1.54) is 15.9 Å². The molecule has 6 nitrogen and oxygen atoms in total. The number of halogens is 3. The number of nitrogens with one attached hydrogen (secondary N) is 2. The highest BCUT2D eigenvalue weighted by Gasteiger charge is 2.32. The minimum absolute atomic E-state index is 0.118. The zero-order valence-corrected chi connectivity index (χ0v) is 14.5. The molecule has 0 spiro atoms. The zero-order valence-electron chi connectivity index (χ0n) is 13.7. The van der Waals surface area contributed by atoms with Gasteiger partial charge in [0, 0.05) is 33.7 Å². The summed E-state index contributed by atoms with van der Waals surface area (Å²) in [6.45, 7) is 0.854. The van der Waals surface area contributed by atoms with Crippen molar-refractivity contribution in [1.29, 1.82) is 0 Å². The van der Waals surface area contributed by atoms with E-state index in [2.05, 4.69) is 10.3 Å². The lowest BCUT2D eigenvalue weighted by atomic mass is 10.1. The van der Waals surface area contributed by atoms with Crippen LogP contribution >= 0.6 is 11.6 Å². The van der Waals surface area contributed by atoms with Gasteiger partial charge in [0.1, 0.15) is 17.6 Å². The number of hydrogen-bond donors (Lipinski definition) is 2. The molecule has 134 valence electrons. The van der Waals surface area contributed by atoms with Crippen molar-refractivity contribution in [3.05, 3.63) is 34.5 Å². The third-order valence-electron chi connectivity index (χ3n) is 4.21. The third kappa shape index (κ3) is 3.07. The number of carbonyl (C=O) groups is 2. The maximum absolute atomic E-state index is 14.6. The molecule has 2 amide bonds. The molecular weight excluding hydrogens is 354 g/mol. The first kappa shape index (κ1) is 17.6. The van der Waals surface area contributed by atoms with E-state index in [1.807, 2.05) is 0 Å². The lowest BCUT2D eigenvalue weighted by Crippen LogP contribution is -2.58. The number of aromatic amines is 1. The molecule has 1 aliphatic rings. The Bertz CT molecular complexity index is 852. The van der Waals surface area contributed by atoms with Crippen LogP contribution < -0.4 is 5.32 Å². The van der Waals surface area contributed by atoms with Gasteiger partial charge in [0.2, 0.25) is 5.91 Å². The minimum atomic E-state index is -0.890. The van der Waals surface area contributed by atoms with Crippen molar-refractivity contribution in [2.24, 2.45) is 0 Å². The van der Waals surface area contributed by atoms with Crippen molar-refractivity contribution in [3.63, 3.8) is 0 Å². The van der Waals surface area contributed by atoms with Crippen molar-refractivity contribution < 1.29 is 18.4 Å². The van der Waals surface area contributed by atoms with E-state index < -0.39 is 23.6 Å². The monoisotopic (exact) mass is 370 g/mol. The van der Waals surface area contributed by atoms with Crippen molar-refractivity contribution in [2.75, 3.05) is 33.7 Å². The second kappa shape index (κ2) is 6.61. The normalized spacial score (nSPS) is 17.8. The first-order valence-electron chi connectivity index (χ1n) is 7.70. The third-order valence-corrected chi connectivity index (χ3v) is 4.58. The molecule has 0 bridgehead atoms. The zero-order chi connectivity index (χ0) is 18.3. The van der Waals surface area contributed by atoms with Crippen LogP contribution in [0.5, 0.6) is 0 Å². The number of nitrogens with zero attached hydrogens (tertiary/aromatic N) is 2. The summed E-state index contributed by atoms with van der Waals surface area (Å²) in [5, 5.41) is 2.51. The summed E-state index contributed by atoms with van der Waals surface area (Å²) >= 11 is 5.81. The van der Waals surface area contributed by atoms with E-state index in [-0.39, 0.29) is 34.1 Å². The Morgan fingerprint density at radius 3 is 2.72 bits per heavy atom. The van der Waals surface area contributed by atoms with E-state index in [9.17, 15) is 18.4 Å². The maximum atomic E-state index is 14.6. The molecule has 2 aromatic rings. The number of H-pyrrole nitrogens is 1. The number of likely N-dealkylation sites (N-methyl/N-ethyl adjacent to an activating group) is 1. The number of fused-ring (bicyclic) bond motifs is 1. The standard InChI is InChI=1S/C16H17ClF2N4O2/c1-22(2)15(24)10-7-23(6-5-20-10)16(25)14-13(19)11-9(21-14)4-3-8(18)12(11)17/h3-4,10,20-21H,5-7H2,1-2H3. The Morgan fingerprint density at radius 2 is 2.04 bits per heavy atom. The smallest absolute Gasteiger partial charge is 0.273 e. The molecule has 9 heteroatoms. The van der Waals surface area contributed by atoms with Crippen LogP contribution in [0.15, 0.2) is 12.1 Å². The number of amides is 2. The van der Waals surface area contributed by atoms with E-state index >= 15 is 0 Å². The van der Waals surface area contributed by atoms with Gasteiger partial charge in [0.25, 0.3) is 5.91 Å². The molecule has 25 heavy (non-hydrogen) atoms. The topological polar surface area (TPSA) is 68.4 Å². The summed E-state index contributed by atoms with van der Waals surface area (Å²) in [4.78, 5) is 30.2. The Morgan fingerprint density at radius 1 is 1.32 bits per heavy atom. The summed E-state index contributed by atoms with van der Waals surface area (Å²) in [5.74, 6) is -2.41. The Hall–Kier alpha value is -2.19. The highest BCUT2D eigenvalue weighted by atomic mass is 35.5. The number of aromatic nitrogens is 1. The summed E-state index contributed by atoms with van der Waals surface area (Å²) in [7, 11) is 3.25. The average molecular weight is 371 g/mol. The predicted octanol–water partition coefficient (Wildman–Crippen LogP) is 1.60. The van der Waals surface area contributed by atoms with E-state index in [0.29, 0.717) is 13.1 Å². The number of piperazine rings is 1. The van der Waals surface area contributed by atoms with Gasteiger partial charge in [-0.15, -0.1) is 0 Å². The van der Waals surface area contributed by atoms with Gasteiger partial charge in [-0.3, -0.25) is 9.59 Å². The van der Waals surface area contributed by atoms with Crippen molar-refractivity contribution >= 4 is 34.3 Å². The van der Waals surface area contributed by atoms with E-state index in [0.717, 1.165) is 6.07 Å². The van der Waals surface area contributed by atoms with Crippen molar-refractivity contribution in [1.82, 2.24) is 20.1 Å². The lowest BCUT2D eigenvalue weighted by molar-refractivity contribution is -0.131. The summed E-state index contributed by atoms with van der Waals surface area (Å²) in [6.07, 6.45) is 0. The molecule has 0 aliphatic carbocycles. The fourth-order valence-corrected chi connectivity index (χ4v) is 3.15. The molecule has 0 radical (unpaired) electrons. The van der Waals surface area contributed by atoms with Crippen LogP contribution in [0.25, 0.3) is 10.9 Å². The van der Waals surface area contributed by atoms with E-state index in [1.54, 1.807) is 14.1 Å². The number of rotatable bonds is 2. The predicted molar refractivity (Wildman–Crippen MR) is 89.6 cm³/mol. The van der Waals surface area contributed by atoms with Gasteiger partial charge in [0.15, 0.2) is 5.82 Å². The van der Waals surface area contributed by atoms with Crippen molar-refractivity contribution in [2.45, 2.75) is 6.04 Å². The van der Waals surface area contributed by atoms with Crippen LogP contribution in [0.4, 0.5) is 8.78 Å². The van der Waals surface area contributed by atoms with Crippen LogP contribution in [0, 0.1) is 11.6 Å². The van der Waals surface area contributed by atoms with E-state index in [4.69, 9.17) is 11.6 Å². The van der Waals surface area contributed by atoms with Gasteiger partial charge in [0.05, 0.1) is 15.9 Å². The van der Waals surface area contributed by atoms with Crippen LogP contribution in [-0.4, -0.2) is 66.4 Å². The van der Waals surface area contributed by atoms with Gasteiger partial charge >= 0.3 is 0 Å². The molecule has 1 atom stereocenters. The quantitative estimate of drug-likeness (QED) is 0.843. The van der Waals surface area contributed by atoms with Crippen LogP contribution in [0.1, 0.15) is 10.5 Å². The molecule has 1 fully saturated rings. The Labute approximate surface area is 147 Å². The first-order chi connectivity index (χ1) is 11.8. The molecule has 1 unspecified atom stereocenters. The lowest BCUT2D eigenvalue weighted by Gasteiger charge is -2.33. The van der Waals surface area contributed by atoms with Crippen LogP contribution in [-0.2, 0) is 4.79 Å². The fraction of sp³-hybridized carbons (Fsp3) is 0.375. The van der Waals surface area contributed by atoms with Gasteiger partial charge < -0.3 is 20.1 Å². The number of benzene rings is 1. The Balaban J connectivity index is 1.91. The second-order valence-corrected chi connectivity index (χ2v) is 6.47. The molecule has 1 aliphatic heterocycles. The molecule has 2 N–H and O–H groups in total. The first-order valence-corrected chi connectivity index (χ1v) is 8.08. The van der Waals surface area contributed by atoms with Crippen LogP contribution in [0.2, 0.25) is 5.02 Å². The molecular formula is C16H17ClF2N4O2.